The van der Waals surface area contributed by atoms with E-state index in [9.17, 15) is 4.79 Å². The SMILES string of the molecule is CC(C)(C)NC(=O)CSc1nnc(COc2ccc3ccccc3c2)n1-c1ccccc1. The lowest BCUT2D eigenvalue weighted by atomic mass is 10.1. The van der Waals surface area contributed by atoms with E-state index in [0.717, 1.165) is 16.8 Å². The summed E-state index contributed by atoms with van der Waals surface area (Å²) >= 11 is 1.36. The number of carbonyl (C=O) groups excluding carboxylic acids is 1. The molecular weight excluding hydrogens is 420 g/mol. The van der Waals surface area contributed by atoms with Crippen LogP contribution in [0.1, 0.15) is 26.6 Å². The van der Waals surface area contributed by atoms with E-state index in [4.69, 9.17) is 4.74 Å². The van der Waals surface area contributed by atoms with Gasteiger partial charge in [-0.05, 0) is 55.8 Å². The summed E-state index contributed by atoms with van der Waals surface area (Å²) in [6, 6.07) is 24.0. The smallest absolute Gasteiger partial charge is 0.230 e. The summed E-state index contributed by atoms with van der Waals surface area (Å²) in [4.78, 5) is 12.3. The van der Waals surface area contributed by atoms with Gasteiger partial charge in [0.05, 0.1) is 5.75 Å². The van der Waals surface area contributed by atoms with Crippen LogP contribution in [0, 0.1) is 0 Å². The molecule has 4 aromatic rings. The zero-order chi connectivity index (χ0) is 22.6. The zero-order valence-corrected chi connectivity index (χ0v) is 19.2. The lowest BCUT2D eigenvalue weighted by Crippen LogP contribution is -2.41. The molecule has 6 nitrogen and oxygen atoms in total. The van der Waals surface area contributed by atoms with Crippen molar-refractivity contribution in [1.29, 1.82) is 0 Å². The Morgan fingerprint density at radius 1 is 0.969 bits per heavy atom. The molecule has 1 aromatic heterocycles. The molecule has 164 valence electrons. The van der Waals surface area contributed by atoms with Crippen molar-refractivity contribution >= 4 is 28.4 Å². The number of para-hydroxylation sites is 1. The molecule has 1 N–H and O–H groups in total. The molecule has 4 rings (SSSR count). The van der Waals surface area contributed by atoms with Crippen LogP contribution < -0.4 is 10.1 Å². The second-order valence-electron chi connectivity index (χ2n) is 8.45. The average molecular weight is 447 g/mol. The zero-order valence-electron chi connectivity index (χ0n) is 18.4. The van der Waals surface area contributed by atoms with Crippen LogP contribution in [0.5, 0.6) is 5.75 Å². The Labute approximate surface area is 192 Å². The van der Waals surface area contributed by atoms with Gasteiger partial charge in [0.15, 0.2) is 11.0 Å². The minimum absolute atomic E-state index is 0.0425. The normalized spacial score (nSPS) is 11.5. The van der Waals surface area contributed by atoms with Crippen molar-refractivity contribution in [2.24, 2.45) is 0 Å². The number of hydrogen-bond acceptors (Lipinski definition) is 5. The molecule has 0 bridgehead atoms. The quantitative estimate of drug-likeness (QED) is 0.404. The van der Waals surface area contributed by atoms with Gasteiger partial charge >= 0.3 is 0 Å². The van der Waals surface area contributed by atoms with E-state index in [0.29, 0.717) is 11.0 Å². The number of aromatic nitrogens is 3. The van der Waals surface area contributed by atoms with Gasteiger partial charge in [0, 0.05) is 11.2 Å². The van der Waals surface area contributed by atoms with E-state index in [1.165, 1.54) is 17.1 Å². The van der Waals surface area contributed by atoms with Crippen LogP contribution in [0.25, 0.3) is 16.5 Å². The molecule has 0 aliphatic heterocycles. The fraction of sp³-hybridized carbons (Fsp3) is 0.240. The molecule has 0 fully saturated rings. The first-order chi connectivity index (χ1) is 15.4. The fourth-order valence-electron chi connectivity index (χ4n) is 3.31. The second kappa shape index (κ2) is 9.44. The summed E-state index contributed by atoms with van der Waals surface area (Å²) in [5, 5.41) is 14.6. The molecule has 3 aromatic carbocycles. The number of hydrogen-bond donors (Lipinski definition) is 1. The van der Waals surface area contributed by atoms with E-state index >= 15 is 0 Å². The lowest BCUT2D eigenvalue weighted by Gasteiger charge is -2.20. The first kappa shape index (κ1) is 21.9. The van der Waals surface area contributed by atoms with E-state index in [1.807, 2.05) is 86.0 Å². The highest BCUT2D eigenvalue weighted by atomic mass is 32.2. The van der Waals surface area contributed by atoms with Gasteiger partial charge < -0.3 is 10.1 Å². The minimum atomic E-state index is -0.274. The van der Waals surface area contributed by atoms with Crippen LogP contribution in [0.15, 0.2) is 78.0 Å². The maximum Gasteiger partial charge on any atom is 0.230 e. The molecule has 32 heavy (non-hydrogen) atoms. The third kappa shape index (κ3) is 5.48. The maximum atomic E-state index is 12.3. The molecule has 0 unspecified atom stereocenters. The number of fused-ring (bicyclic) bond motifs is 1. The van der Waals surface area contributed by atoms with E-state index in [1.54, 1.807) is 0 Å². The molecule has 1 amide bonds. The summed E-state index contributed by atoms with van der Waals surface area (Å²) in [6.45, 7) is 6.15. The molecule has 0 saturated heterocycles. The molecule has 0 aliphatic carbocycles. The number of amides is 1. The van der Waals surface area contributed by atoms with Gasteiger partial charge in [0.2, 0.25) is 5.91 Å². The maximum absolute atomic E-state index is 12.3. The number of nitrogens with one attached hydrogen (secondary N) is 1. The highest BCUT2D eigenvalue weighted by Gasteiger charge is 2.18. The summed E-state index contributed by atoms with van der Waals surface area (Å²) in [5.41, 5.74) is 0.650. The third-order valence-electron chi connectivity index (χ3n) is 4.65. The first-order valence-corrected chi connectivity index (χ1v) is 11.4. The van der Waals surface area contributed by atoms with Crippen LogP contribution in [-0.4, -0.2) is 32.0 Å². The van der Waals surface area contributed by atoms with Crippen LogP contribution in [-0.2, 0) is 11.4 Å². The molecule has 0 saturated carbocycles. The summed E-state index contributed by atoms with van der Waals surface area (Å²) in [5.74, 6) is 1.65. The van der Waals surface area contributed by atoms with Gasteiger partial charge in [-0.1, -0.05) is 60.3 Å². The van der Waals surface area contributed by atoms with E-state index < -0.39 is 0 Å². The van der Waals surface area contributed by atoms with Gasteiger partial charge in [-0.2, -0.15) is 0 Å². The molecule has 0 radical (unpaired) electrons. The molecule has 1 heterocycles. The topological polar surface area (TPSA) is 69.0 Å². The fourth-order valence-corrected chi connectivity index (χ4v) is 4.08. The average Bonchev–Trinajstić information content (AvgIpc) is 3.18. The Kier molecular flexibility index (Phi) is 6.46. The number of rotatable bonds is 7. The van der Waals surface area contributed by atoms with Crippen molar-refractivity contribution in [3.8, 4) is 11.4 Å². The largest absolute Gasteiger partial charge is 0.486 e. The Morgan fingerprint density at radius 2 is 1.69 bits per heavy atom. The predicted octanol–water partition coefficient (Wildman–Crippen LogP) is 5.01. The van der Waals surface area contributed by atoms with Crippen LogP contribution in [0.3, 0.4) is 0 Å². The molecule has 0 aliphatic rings. The summed E-state index contributed by atoms with van der Waals surface area (Å²) in [6.07, 6.45) is 0. The van der Waals surface area contributed by atoms with Crippen molar-refractivity contribution in [3.05, 3.63) is 78.6 Å². The summed E-state index contributed by atoms with van der Waals surface area (Å²) in [7, 11) is 0. The lowest BCUT2D eigenvalue weighted by molar-refractivity contribution is -0.119. The van der Waals surface area contributed by atoms with Gasteiger partial charge in [0.1, 0.15) is 12.4 Å². The van der Waals surface area contributed by atoms with Crippen molar-refractivity contribution in [1.82, 2.24) is 20.1 Å². The van der Waals surface area contributed by atoms with E-state index in [2.05, 4.69) is 27.6 Å². The Morgan fingerprint density at radius 3 is 2.44 bits per heavy atom. The van der Waals surface area contributed by atoms with Gasteiger partial charge in [-0.3, -0.25) is 9.36 Å². The van der Waals surface area contributed by atoms with Crippen molar-refractivity contribution in [2.45, 2.75) is 38.1 Å². The van der Waals surface area contributed by atoms with Gasteiger partial charge in [-0.25, -0.2) is 0 Å². The minimum Gasteiger partial charge on any atom is -0.486 e. The Bertz CT molecular complexity index is 1220. The van der Waals surface area contributed by atoms with Gasteiger partial charge in [-0.15, -0.1) is 10.2 Å². The highest BCUT2D eigenvalue weighted by molar-refractivity contribution is 7.99. The standard InChI is InChI=1S/C25H26N4O2S/c1-25(2,3)26-23(30)17-32-24-28-27-22(29(24)20-11-5-4-6-12-20)16-31-21-14-13-18-9-7-8-10-19(18)15-21/h4-15H,16-17H2,1-3H3,(H,26,30). The molecule has 0 atom stereocenters. The number of thioether (sulfide) groups is 1. The van der Waals surface area contributed by atoms with Crippen molar-refractivity contribution < 1.29 is 9.53 Å². The monoisotopic (exact) mass is 446 g/mol. The number of benzene rings is 3. The van der Waals surface area contributed by atoms with E-state index in [-0.39, 0.29) is 23.8 Å². The highest BCUT2D eigenvalue weighted by Crippen LogP contribution is 2.25. The summed E-state index contributed by atoms with van der Waals surface area (Å²) < 4.78 is 8.00. The third-order valence-corrected chi connectivity index (χ3v) is 5.58. The Balaban J connectivity index is 1.54. The molecule has 7 heteroatoms. The predicted molar refractivity (Wildman–Crippen MR) is 128 cm³/mol. The number of nitrogens with zero attached hydrogens (tertiary/aromatic N) is 3. The first-order valence-electron chi connectivity index (χ1n) is 10.4. The van der Waals surface area contributed by atoms with Crippen LogP contribution >= 0.6 is 11.8 Å². The van der Waals surface area contributed by atoms with Gasteiger partial charge in [0.25, 0.3) is 0 Å². The van der Waals surface area contributed by atoms with Crippen molar-refractivity contribution in [2.75, 3.05) is 5.75 Å². The van der Waals surface area contributed by atoms with Crippen LogP contribution in [0.4, 0.5) is 0 Å². The van der Waals surface area contributed by atoms with Crippen LogP contribution in [0.2, 0.25) is 0 Å². The molecule has 0 spiro atoms. The second-order valence-corrected chi connectivity index (χ2v) is 9.40. The van der Waals surface area contributed by atoms with Crippen molar-refractivity contribution in [3.63, 3.8) is 0 Å². The number of carbonyl (C=O) groups is 1. The number of ether oxygens (including phenoxy) is 1. The molecular formula is C25H26N4O2S. The Hall–Kier alpha value is -3.32.